The van der Waals surface area contributed by atoms with Crippen LogP contribution in [0.15, 0.2) is 53.2 Å². The van der Waals surface area contributed by atoms with Crippen LogP contribution in [0.3, 0.4) is 0 Å². The van der Waals surface area contributed by atoms with Crippen molar-refractivity contribution in [1.29, 1.82) is 0 Å². The zero-order chi connectivity index (χ0) is 18.1. The normalized spacial score (nSPS) is 15.7. The van der Waals surface area contributed by atoms with Gasteiger partial charge in [0.1, 0.15) is 11.5 Å². The quantitative estimate of drug-likeness (QED) is 0.680. The molecule has 2 aromatic heterocycles. The minimum absolute atomic E-state index is 0.151. The van der Waals surface area contributed by atoms with Crippen LogP contribution in [0.4, 0.5) is 4.39 Å². The highest BCUT2D eigenvalue weighted by Gasteiger charge is 2.39. The average molecular weight is 374 g/mol. The first-order valence-corrected chi connectivity index (χ1v) is 9.59. The van der Waals surface area contributed by atoms with Gasteiger partial charge in [-0.3, -0.25) is 4.98 Å². The second kappa shape index (κ2) is 6.58. The van der Waals surface area contributed by atoms with Gasteiger partial charge in [-0.2, -0.15) is 9.29 Å². The smallest absolute Gasteiger partial charge is 0.232 e. The van der Waals surface area contributed by atoms with Crippen LogP contribution >= 0.6 is 0 Å². The molecule has 3 aromatic rings. The Labute approximate surface area is 149 Å². The number of hydrogen-bond acceptors (Lipinski definition) is 6. The van der Waals surface area contributed by atoms with Crippen molar-refractivity contribution < 1.29 is 17.3 Å². The summed E-state index contributed by atoms with van der Waals surface area (Å²) in [5.41, 5.74) is 1.01. The molecule has 0 amide bonds. The molecular weight excluding hydrogens is 359 g/mol. The van der Waals surface area contributed by atoms with Gasteiger partial charge in [0.05, 0.1) is 11.7 Å². The average Bonchev–Trinajstić information content (AvgIpc) is 3.03. The number of hydrogen-bond donors (Lipinski definition) is 0. The summed E-state index contributed by atoms with van der Waals surface area (Å²) in [5.74, 6) is -0.0700. The Morgan fingerprint density at radius 3 is 2.77 bits per heavy atom. The van der Waals surface area contributed by atoms with Crippen LogP contribution in [0.1, 0.15) is 17.4 Å². The number of benzene rings is 1. The topological polar surface area (TPSA) is 89.2 Å². The van der Waals surface area contributed by atoms with Crippen LogP contribution in [0, 0.1) is 5.82 Å². The molecule has 26 heavy (non-hydrogen) atoms. The zero-order valence-electron chi connectivity index (χ0n) is 13.6. The van der Waals surface area contributed by atoms with E-state index >= 15 is 0 Å². The van der Waals surface area contributed by atoms with E-state index in [1.807, 2.05) is 6.07 Å². The predicted octanol–water partition coefficient (Wildman–Crippen LogP) is 2.20. The summed E-state index contributed by atoms with van der Waals surface area (Å²) in [4.78, 5) is 8.45. The summed E-state index contributed by atoms with van der Waals surface area (Å²) >= 11 is 0. The largest absolute Gasteiger partial charge is 0.339 e. The van der Waals surface area contributed by atoms with E-state index in [1.165, 1.54) is 22.5 Å². The second-order valence-electron chi connectivity index (χ2n) is 6.07. The van der Waals surface area contributed by atoms with Gasteiger partial charge in [0.2, 0.25) is 21.7 Å². The lowest BCUT2D eigenvalue weighted by atomic mass is 10.0. The van der Waals surface area contributed by atoms with E-state index < -0.39 is 15.8 Å². The molecule has 0 spiro atoms. The van der Waals surface area contributed by atoms with Gasteiger partial charge in [0.15, 0.2) is 0 Å². The van der Waals surface area contributed by atoms with Crippen LogP contribution in [-0.2, 0) is 15.8 Å². The Hall–Kier alpha value is -2.65. The van der Waals surface area contributed by atoms with Gasteiger partial charge >= 0.3 is 0 Å². The van der Waals surface area contributed by atoms with E-state index in [0.29, 0.717) is 23.0 Å². The first-order chi connectivity index (χ1) is 12.5. The van der Waals surface area contributed by atoms with E-state index in [-0.39, 0.29) is 24.8 Å². The summed E-state index contributed by atoms with van der Waals surface area (Å²) in [5, 5.41) is 3.90. The van der Waals surface area contributed by atoms with E-state index in [4.69, 9.17) is 4.52 Å². The maximum Gasteiger partial charge on any atom is 0.232 e. The van der Waals surface area contributed by atoms with Crippen molar-refractivity contribution in [1.82, 2.24) is 19.4 Å². The number of sulfonamides is 1. The van der Waals surface area contributed by atoms with Crippen molar-refractivity contribution in [3.8, 4) is 11.5 Å². The molecule has 0 N–H and O–H groups in total. The van der Waals surface area contributed by atoms with E-state index in [9.17, 15) is 12.8 Å². The highest BCUT2D eigenvalue weighted by molar-refractivity contribution is 7.88. The Morgan fingerprint density at radius 1 is 1.19 bits per heavy atom. The zero-order valence-corrected chi connectivity index (χ0v) is 14.4. The Kier molecular flexibility index (Phi) is 4.25. The van der Waals surface area contributed by atoms with Crippen molar-refractivity contribution in [2.24, 2.45) is 0 Å². The molecule has 0 saturated carbocycles. The Morgan fingerprint density at radius 2 is 2.04 bits per heavy atom. The second-order valence-corrected chi connectivity index (χ2v) is 8.04. The van der Waals surface area contributed by atoms with Gasteiger partial charge in [0.25, 0.3) is 0 Å². The predicted molar refractivity (Wildman–Crippen MR) is 90.9 cm³/mol. The molecule has 0 atom stereocenters. The van der Waals surface area contributed by atoms with Crippen molar-refractivity contribution in [3.63, 3.8) is 0 Å². The molecular formula is C17H15FN4O3S. The third-order valence-corrected chi connectivity index (χ3v) is 5.95. The van der Waals surface area contributed by atoms with E-state index in [0.717, 1.165) is 0 Å². The highest BCUT2D eigenvalue weighted by atomic mass is 32.2. The molecule has 0 aliphatic carbocycles. The monoisotopic (exact) mass is 374 g/mol. The number of nitrogens with zero attached hydrogens (tertiary/aromatic N) is 4. The van der Waals surface area contributed by atoms with Crippen LogP contribution in [0.2, 0.25) is 0 Å². The molecule has 3 heterocycles. The highest BCUT2D eigenvalue weighted by Crippen LogP contribution is 2.30. The molecule has 4 rings (SSSR count). The van der Waals surface area contributed by atoms with Crippen LogP contribution < -0.4 is 0 Å². The van der Waals surface area contributed by atoms with E-state index in [2.05, 4.69) is 15.1 Å². The molecule has 1 saturated heterocycles. The summed E-state index contributed by atoms with van der Waals surface area (Å²) in [6.07, 6.45) is 1.63. The van der Waals surface area contributed by atoms with Crippen LogP contribution in [0.5, 0.6) is 0 Å². The van der Waals surface area contributed by atoms with Gasteiger partial charge in [-0.15, -0.1) is 0 Å². The Bertz CT molecular complexity index is 1020. The summed E-state index contributed by atoms with van der Waals surface area (Å²) in [6.45, 7) is 0.531. The maximum atomic E-state index is 13.2. The molecule has 7 nitrogen and oxygen atoms in total. The fraction of sp³-hybridized carbons (Fsp3) is 0.235. The molecule has 1 fully saturated rings. The summed E-state index contributed by atoms with van der Waals surface area (Å²) in [7, 11) is -3.52. The standard InChI is InChI=1S/C17H15FN4O3S/c18-14-5-3-4-12(8-14)11-26(23,24)22-9-13(10-22)17-20-16(21-25-17)15-6-1-2-7-19-15/h1-8,13H,9-11H2. The molecule has 0 bridgehead atoms. The molecule has 0 unspecified atom stereocenters. The van der Waals surface area contributed by atoms with E-state index in [1.54, 1.807) is 24.4 Å². The molecule has 1 aromatic carbocycles. The summed E-state index contributed by atoms with van der Waals surface area (Å²) < 4.78 is 44.7. The van der Waals surface area contributed by atoms with Gasteiger partial charge in [-0.1, -0.05) is 23.4 Å². The van der Waals surface area contributed by atoms with Crippen molar-refractivity contribution in [3.05, 3.63) is 65.9 Å². The van der Waals surface area contributed by atoms with Crippen molar-refractivity contribution in [2.75, 3.05) is 13.1 Å². The molecule has 1 aliphatic heterocycles. The fourth-order valence-electron chi connectivity index (χ4n) is 2.75. The first kappa shape index (κ1) is 16.8. The number of rotatable bonds is 5. The molecule has 0 radical (unpaired) electrons. The lowest BCUT2D eigenvalue weighted by molar-refractivity contribution is 0.216. The molecule has 9 heteroatoms. The minimum Gasteiger partial charge on any atom is -0.339 e. The van der Waals surface area contributed by atoms with Gasteiger partial charge < -0.3 is 4.52 Å². The first-order valence-electron chi connectivity index (χ1n) is 7.98. The van der Waals surface area contributed by atoms with Crippen molar-refractivity contribution in [2.45, 2.75) is 11.7 Å². The van der Waals surface area contributed by atoms with Gasteiger partial charge in [-0.05, 0) is 29.8 Å². The maximum absolute atomic E-state index is 13.2. The van der Waals surface area contributed by atoms with Gasteiger partial charge in [0, 0.05) is 19.3 Å². The molecule has 1 aliphatic rings. The number of halogens is 1. The third kappa shape index (κ3) is 3.35. The lowest BCUT2D eigenvalue weighted by Crippen LogP contribution is -2.48. The minimum atomic E-state index is -3.52. The molecule has 134 valence electrons. The van der Waals surface area contributed by atoms with Crippen LogP contribution in [0.25, 0.3) is 11.5 Å². The fourth-order valence-corrected chi connectivity index (χ4v) is 4.35. The lowest BCUT2D eigenvalue weighted by Gasteiger charge is -2.35. The van der Waals surface area contributed by atoms with Crippen LogP contribution in [-0.4, -0.2) is 40.9 Å². The SMILES string of the molecule is O=S(=O)(Cc1cccc(F)c1)N1CC(c2nc(-c3ccccn3)no2)C1. The number of aromatic nitrogens is 3. The Balaban J connectivity index is 1.41. The van der Waals surface area contributed by atoms with Gasteiger partial charge in [-0.25, -0.2) is 12.8 Å². The van der Waals surface area contributed by atoms with Crippen molar-refractivity contribution >= 4 is 10.0 Å². The number of pyridine rings is 1. The summed E-state index contributed by atoms with van der Waals surface area (Å²) in [6, 6.07) is 11.0. The third-order valence-electron chi connectivity index (χ3n) is 4.16.